The lowest BCUT2D eigenvalue weighted by molar-refractivity contribution is 0.113. The van der Waals surface area contributed by atoms with Crippen LogP contribution in [0.4, 0.5) is 5.82 Å². The summed E-state index contributed by atoms with van der Waals surface area (Å²) in [6, 6.07) is 0.478. The number of nitrogen functional groups attached to an aromatic ring is 1. The average molecular weight is 294 g/mol. The SMILES string of the molecule is CN1CCN(C)C(Cc2nc3c(c(NN)n2)CSC3)C1. The summed E-state index contributed by atoms with van der Waals surface area (Å²) in [6.07, 6.45) is 0.882. The Morgan fingerprint density at radius 1 is 1.30 bits per heavy atom. The van der Waals surface area contributed by atoms with Crippen molar-refractivity contribution in [2.75, 3.05) is 39.2 Å². The number of piperazine rings is 1. The Bertz CT molecular complexity index is 494. The quantitative estimate of drug-likeness (QED) is 0.613. The maximum atomic E-state index is 5.61. The Hall–Kier alpha value is -0.890. The Balaban J connectivity index is 1.80. The molecular weight excluding hydrogens is 272 g/mol. The van der Waals surface area contributed by atoms with Gasteiger partial charge in [-0.05, 0) is 14.1 Å². The van der Waals surface area contributed by atoms with Gasteiger partial charge in [-0.3, -0.25) is 0 Å². The molecule has 0 bridgehead atoms. The maximum Gasteiger partial charge on any atom is 0.148 e. The van der Waals surface area contributed by atoms with Crippen LogP contribution in [0.2, 0.25) is 0 Å². The van der Waals surface area contributed by atoms with Crippen LogP contribution in [0.3, 0.4) is 0 Å². The molecule has 0 amide bonds. The number of likely N-dealkylation sites (N-methyl/N-ethyl adjacent to an activating group) is 2. The normalized spacial score (nSPS) is 23.9. The van der Waals surface area contributed by atoms with E-state index in [2.05, 4.69) is 34.3 Å². The van der Waals surface area contributed by atoms with Gasteiger partial charge in [0.05, 0.1) is 5.69 Å². The number of nitrogens with one attached hydrogen (secondary N) is 1. The van der Waals surface area contributed by atoms with Crippen molar-refractivity contribution in [2.24, 2.45) is 5.84 Å². The smallest absolute Gasteiger partial charge is 0.148 e. The number of fused-ring (bicyclic) bond motifs is 1. The van der Waals surface area contributed by atoms with Crippen molar-refractivity contribution in [1.29, 1.82) is 0 Å². The number of thioether (sulfide) groups is 1. The first-order chi connectivity index (χ1) is 9.67. The van der Waals surface area contributed by atoms with E-state index >= 15 is 0 Å². The van der Waals surface area contributed by atoms with Gasteiger partial charge in [-0.2, -0.15) is 11.8 Å². The molecule has 20 heavy (non-hydrogen) atoms. The number of nitrogens with zero attached hydrogens (tertiary/aromatic N) is 4. The molecule has 1 atom stereocenters. The number of rotatable bonds is 3. The van der Waals surface area contributed by atoms with E-state index in [4.69, 9.17) is 10.8 Å². The number of nitrogens with two attached hydrogens (primary N) is 1. The van der Waals surface area contributed by atoms with Crippen molar-refractivity contribution >= 4 is 17.6 Å². The maximum absolute atomic E-state index is 5.61. The summed E-state index contributed by atoms with van der Waals surface area (Å²) in [7, 11) is 4.36. The van der Waals surface area contributed by atoms with Crippen LogP contribution in [-0.2, 0) is 17.9 Å². The molecule has 6 nitrogen and oxygen atoms in total. The van der Waals surface area contributed by atoms with Crippen molar-refractivity contribution in [3.63, 3.8) is 0 Å². The fraction of sp³-hybridized carbons (Fsp3) is 0.692. The molecule has 0 radical (unpaired) electrons. The fourth-order valence-electron chi connectivity index (χ4n) is 2.85. The lowest BCUT2D eigenvalue weighted by Crippen LogP contribution is -2.51. The summed E-state index contributed by atoms with van der Waals surface area (Å²) >= 11 is 1.87. The zero-order valence-corrected chi connectivity index (χ0v) is 12.9. The number of anilines is 1. The predicted octanol–water partition coefficient (Wildman–Crippen LogP) is 0.297. The molecule has 0 aromatic carbocycles. The van der Waals surface area contributed by atoms with E-state index in [0.717, 1.165) is 54.9 Å². The molecule has 7 heteroatoms. The van der Waals surface area contributed by atoms with E-state index in [1.807, 2.05) is 11.8 Å². The average Bonchev–Trinajstić information content (AvgIpc) is 2.90. The molecule has 3 rings (SSSR count). The molecule has 1 saturated heterocycles. The van der Waals surface area contributed by atoms with Crippen LogP contribution in [0.25, 0.3) is 0 Å². The number of hydrogen-bond donors (Lipinski definition) is 2. The number of hydrazine groups is 1. The third-order valence-electron chi connectivity index (χ3n) is 4.16. The summed E-state index contributed by atoms with van der Waals surface area (Å²) in [5, 5.41) is 0. The molecule has 0 spiro atoms. The minimum atomic E-state index is 0.478. The molecule has 3 heterocycles. The summed E-state index contributed by atoms with van der Waals surface area (Å²) < 4.78 is 0. The van der Waals surface area contributed by atoms with Crippen molar-refractivity contribution in [3.05, 3.63) is 17.1 Å². The van der Waals surface area contributed by atoms with Gasteiger partial charge in [-0.25, -0.2) is 15.8 Å². The molecule has 1 fully saturated rings. The lowest BCUT2D eigenvalue weighted by atomic mass is 10.1. The van der Waals surface area contributed by atoms with Crippen LogP contribution in [0.1, 0.15) is 17.1 Å². The molecule has 2 aliphatic rings. The fourth-order valence-corrected chi connectivity index (χ4v) is 3.89. The van der Waals surface area contributed by atoms with Gasteiger partial charge in [0.1, 0.15) is 11.6 Å². The zero-order valence-electron chi connectivity index (χ0n) is 12.1. The third-order valence-corrected chi connectivity index (χ3v) is 5.13. The van der Waals surface area contributed by atoms with Crippen LogP contribution >= 0.6 is 11.8 Å². The predicted molar refractivity (Wildman–Crippen MR) is 82.5 cm³/mol. The Morgan fingerprint density at radius 3 is 2.95 bits per heavy atom. The third kappa shape index (κ3) is 2.76. The highest BCUT2D eigenvalue weighted by Crippen LogP contribution is 2.32. The van der Waals surface area contributed by atoms with Crippen LogP contribution in [0.15, 0.2) is 0 Å². The monoisotopic (exact) mass is 294 g/mol. The van der Waals surface area contributed by atoms with Gasteiger partial charge in [0.25, 0.3) is 0 Å². The molecule has 110 valence electrons. The molecule has 2 aliphatic heterocycles. The highest BCUT2D eigenvalue weighted by atomic mass is 32.2. The van der Waals surface area contributed by atoms with E-state index in [1.54, 1.807) is 0 Å². The first kappa shape index (κ1) is 14.1. The van der Waals surface area contributed by atoms with E-state index in [-0.39, 0.29) is 0 Å². The molecule has 1 aromatic rings. The van der Waals surface area contributed by atoms with Gasteiger partial charge in [0.15, 0.2) is 0 Å². The second kappa shape index (κ2) is 5.85. The van der Waals surface area contributed by atoms with Gasteiger partial charge in [0, 0.05) is 49.2 Å². The van der Waals surface area contributed by atoms with Gasteiger partial charge in [0.2, 0.25) is 0 Å². The molecule has 1 aromatic heterocycles. The summed E-state index contributed by atoms with van der Waals surface area (Å²) in [5.74, 6) is 9.25. The van der Waals surface area contributed by atoms with E-state index in [9.17, 15) is 0 Å². The largest absolute Gasteiger partial charge is 0.308 e. The van der Waals surface area contributed by atoms with Crippen molar-refractivity contribution in [2.45, 2.75) is 24.0 Å². The minimum absolute atomic E-state index is 0.478. The van der Waals surface area contributed by atoms with Crippen molar-refractivity contribution in [3.8, 4) is 0 Å². The Morgan fingerprint density at radius 2 is 2.15 bits per heavy atom. The van der Waals surface area contributed by atoms with Gasteiger partial charge < -0.3 is 15.2 Å². The topological polar surface area (TPSA) is 70.3 Å². The van der Waals surface area contributed by atoms with Gasteiger partial charge in [-0.1, -0.05) is 0 Å². The van der Waals surface area contributed by atoms with Gasteiger partial charge >= 0.3 is 0 Å². The molecule has 0 aliphatic carbocycles. The van der Waals surface area contributed by atoms with Crippen LogP contribution in [0.5, 0.6) is 0 Å². The summed E-state index contributed by atoms with van der Waals surface area (Å²) in [5.41, 5.74) is 5.07. The second-order valence-corrected chi connectivity index (χ2v) is 6.64. The number of hydrogen-bond acceptors (Lipinski definition) is 7. The Kier molecular flexibility index (Phi) is 4.11. The van der Waals surface area contributed by atoms with Crippen LogP contribution < -0.4 is 11.3 Å². The molecule has 3 N–H and O–H groups in total. The first-order valence-electron chi connectivity index (χ1n) is 6.99. The highest BCUT2D eigenvalue weighted by molar-refractivity contribution is 7.98. The van der Waals surface area contributed by atoms with Crippen molar-refractivity contribution < 1.29 is 0 Å². The molecular formula is C13H22N6S. The summed E-state index contributed by atoms with van der Waals surface area (Å²) in [6.45, 7) is 3.30. The highest BCUT2D eigenvalue weighted by Gasteiger charge is 2.25. The van der Waals surface area contributed by atoms with Gasteiger partial charge in [-0.15, -0.1) is 0 Å². The molecule has 1 unspecified atom stereocenters. The Labute approximate surface area is 124 Å². The van der Waals surface area contributed by atoms with E-state index in [0.29, 0.717) is 6.04 Å². The number of aromatic nitrogens is 2. The standard InChI is InChI=1S/C13H22N6S/c1-18-3-4-19(2)9(6-18)5-12-15-11-8-20-7-10(11)13(16-12)17-14/h9H,3-8,14H2,1-2H3,(H,15,16,17). The first-order valence-corrected chi connectivity index (χ1v) is 8.14. The lowest BCUT2D eigenvalue weighted by Gasteiger charge is -2.37. The van der Waals surface area contributed by atoms with E-state index < -0.39 is 0 Å². The molecule has 0 saturated carbocycles. The second-order valence-electron chi connectivity index (χ2n) is 5.65. The van der Waals surface area contributed by atoms with Crippen LogP contribution in [0, 0.1) is 0 Å². The summed E-state index contributed by atoms with van der Waals surface area (Å²) in [4.78, 5) is 14.1. The minimum Gasteiger partial charge on any atom is -0.308 e. The zero-order chi connectivity index (χ0) is 14.1. The van der Waals surface area contributed by atoms with Crippen molar-refractivity contribution in [1.82, 2.24) is 19.8 Å². The van der Waals surface area contributed by atoms with Crippen LogP contribution in [-0.4, -0.2) is 59.5 Å². The van der Waals surface area contributed by atoms with E-state index in [1.165, 1.54) is 5.56 Å².